The summed E-state index contributed by atoms with van der Waals surface area (Å²) >= 11 is 0. The van der Waals surface area contributed by atoms with Gasteiger partial charge in [-0.05, 0) is 48.4 Å². The molecule has 2 aromatic carbocycles. The predicted molar refractivity (Wildman–Crippen MR) is 105 cm³/mol. The van der Waals surface area contributed by atoms with Gasteiger partial charge in [0.05, 0.1) is 6.61 Å². The summed E-state index contributed by atoms with van der Waals surface area (Å²) in [4.78, 5) is 14.6. The zero-order chi connectivity index (χ0) is 18.2. The molecule has 0 heterocycles. The molecule has 0 aromatic heterocycles. The fourth-order valence-electron chi connectivity index (χ4n) is 2.90. The van der Waals surface area contributed by atoms with Crippen molar-refractivity contribution in [3.63, 3.8) is 0 Å². The highest BCUT2D eigenvalue weighted by atomic mass is 16.5. The average molecular weight is 352 g/mol. The molecule has 26 heavy (non-hydrogen) atoms. The number of rotatable bonds is 9. The molecule has 4 heteroatoms. The van der Waals surface area contributed by atoms with Gasteiger partial charge in [-0.1, -0.05) is 49.4 Å². The van der Waals surface area contributed by atoms with Crippen LogP contribution < -0.4 is 5.32 Å². The lowest BCUT2D eigenvalue weighted by molar-refractivity contribution is 0.111. The Morgan fingerprint density at radius 3 is 2.62 bits per heavy atom. The first-order valence-electron chi connectivity index (χ1n) is 9.51. The molecular formula is C22H28N2O2. The van der Waals surface area contributed by atoms with Crippen molar-refractivity contribution >= 4 is 11.7 Å². The number of urea groups is 1. The van der Waals surface area contributed by atoms with Crippen molar-refractivity contribution in [2.75, 3.05) is 18.5 Å². The van der Waals surface area contributed by atoms with Gasteiger partial charge < -0.3 is 15.0 Å². The Hall–Kier alpha value is -2.33. The Balaban J connectivity index is 1.57. The quantitative estimate of drug-likeness (QED) is 0.685. The van der Waals surface area contributed by atoms with Crippen LogP contribution in [0.2, 0.25) is 0 Å². The lowest BCUT2D eigenvalue weighted by Gasteiger charge is -2.23. The van der Waals surface area contributed by atoms with E-state index >= 15 is 0 Å². The van der Waals surface area contributed by atoms with E-state index < -0.39 is 0 Å². The van der Waals surface area contributed by atoms with Crippen LogP contribution >= 0.6 is 0 Å². The first kappa shape index (κ1) is 18.5. The van der Waals surface area contributed by atoms with Gasteiger partial charge in [-0.25, -0.2) is 4.79 Å². The number of amides is 2. The van der Waals surface area contributed by atoms with Crippen molar-refractivity contribution in [3.05, 3.63) is 65.7 Å². The van der Waals surface area contributed by atoms with Crippen LogP contribution in [-0.2, 0) is 17.9 Å². The first-order chi connectivity index (χ1) is 12.7. The number of carbonyl (C=O) groups excluding carboxylic acids is 1. The molecule has 1 aliphatic rings. The van der Waals surface area contributed by atoms with Gasteiger partial charge >= 0.3 is 6.03 Å². The van der Waals surface area contributed by atoms with Crippen LogP contribution in [0.1, 0.15) is 37.3 Å². The zero-order valence-electron chi connectivity index (χ0n) is 15.5. The lowest BCUT2D eigenvalue weighted by Crippen LogP contribution is -2.35. The van der Waals surface area contributed by atoms with Crippen molar-refractivity contribution in [3.8, 4) is 0 Å². The minimum Gasteiger partial charge on any atom is -0.376 e. The van der Waals surface area contributed by atoms with E-state index in [0.29, 0.717) is 13.2 Å². The number of benzene rings is 2. The van der Waals surface area contributed by atoms with Crippen LogP contribution in [0.25, 0.3) is 0 Å². The minimum absolute atomic E-state index is 0.0632. The summed E-state index contributed by atoms with van der Waals surface area (Å²) in [5.41, 5.74) is 3.04. The van der Waals surface area contributed by atoms with Crippen LogP contribution in [0.3, 0.4) is 0 Å². The third-order valence-corrected chi connectivity index (χ3v) is 4.49. The summed E-state index contributed by atoms with van der Waals surface area (Å²) in [5, 5.41) is 3.03. The van der Waals surface area contributed by atoms with Crippen LogP contribution in [0.15, 0.2) is 54.6 Å². The molecular weight excluding hydrogens is 324 g/mol. The standard InChI is InChI=1S/C22H28N2O2/c1-2-13-24(15-18-7-4-3-5-8-18)22(25)23-21-10-6-9-20(14-21)17-26-16-19-11-12-19/h3-10,14,19H,2,11-13,15-17H2,1H3,(H,23,25). The SMILES string of the molecule is CCCN(Cc1ccccc1)C(=O)Nc1cccc(COCC2CC2)c1. The smallest absolute Gasteiger partial charge is 0.322 e. The highest BCUT2D eigenvalue weighted by Crippen LogP contribution is 2.29. The number of anilines is 1. The molecule has 1 N–H and O–H groups in total. The second-order valence-electron chi connectivity index (χ2n) is 7.00. The highest BCUT2D eigenvalue weighted by molar-refractivity contribution is 5.89. The summed E-state index contributed by atoms with van der Waals surface area (Å²) in [6, 6.07) is 18.0. The van der Waals surface area contributed by atoms with Crippen LogP contribution in [0, 0.1) is 5.92 Å². The number of hydrogen-bond acceptors (Lipinski definition) is 2. The maximum atomic E-state index is 12.7. The molecule has 4 nitrogen and oxygen atoms in total. The molecule has 1 aliphatic carbocycles. The van der Waals surface area contributed by atoms with Crippen LogP contribution in [-0.4, -0.2) is 24.1 Å². The number of carbonyl (C=O) groups is 1. The Bertz CT molecular complexity index is 698. The normalized spacial score (nSPS) is 13.4. The van der Waals surface area contributed by atoms with Gasteiger partial charge in [0.15, 0.2) is 0 Å². The second kappa shape index (κ2) is 9.39. The van der Waals surface area contributed by atoms with Gasteiger partial charge in [0.25, 0.3) is 0 Å². The molecule has 0 aliphatic heterocycles. The van der Waals surface area contributed by atoms with E-state index in [1.165, 1.54) is 12.8 Å². The zero-order valence-corrected chi connectivity index (χ0v) is 15.5. The largest absolute Gasteiger partial charge is 0.376 e. The van der Waals surface area contributed by atoms with Gasteiger partial charge in [-0.2, -0.15) is 0 Å². The molecule has 0 bridgehead atoms. The Labute approximate surface area is 156 Å². The summed E-state index contributed by atoms with van der Waals surface area (Å²) in [6.07, 6.45) is 3.52. The number of nitrogens with zero attached hydrogens (tertiary/aromatic N) is 1. The first-order valence-corrected chi connectivity index (χ1v) is 9.51. The number of ether oxygens (including phenoxy) is 1. The van der Waals surface area contributed by atoms with Crippen molar-refractivity contribution in [1.82, 2.24) is 4.90 Å². The lowest BCUT2D eigenvalue weighted by atomic mass is 10.2. The molecule has 0 saturated heterocycles. The molecule has 0 atom stereocenters. The maximum absolute atomic E-state index is 12.7. The molecule has 138 valence electrons. The summed E-state index contributed by atoms with van der Waals surface area (Å²) in [7, 11) is 0. The van der Waals surface area contributed by atoms with E-state index in [1.807, 2.05) is 59.5 Å². The fraction of sp³-hybridized carbons (Fsp3) is 0.409. The molecule has 0 spiro atoms. The average Bonchev–Trinajstić information content (AvgIpc) is 3.47. The maximum Gasteiger partial charge on any atom is 0.322 e. The minimum atomic E-state index is -0.0632. The van der Waals surface area contributed by atoms with Crippen molar-refractivity contribution in [2.24, 2.45) is 5.92 Å². The van der Waals surface area contributed by atoms with E-state index in [4.69, 9.17) is 4.74 Å². The van der Waals surface area contributed by atoms with E-state index in [2.05, 4.69) is 12.2 Å². The van der Waals surface area contributed by atoms with Gasteiger partial charge in [0, 0.05) is 25.4 Å². The van der Waals surface area contributed by atoms with E-state index in [9.17, 15) is 4.79 Å². The van der Waals surface area contributed by atoms with Gasteiger partial charge in [-0.3, -0.25) is 0 Å². The molecule has 2 amide bonds. The molecule has 0 unspecified atom stereocenters. The predicted octanol–water partition coefficient (Wildman–Crippen LogP) is 5.06. The number of hydrogen-bond donors (Lipinski definition) is 1. The molecule has 2 aromatic rings. The fourth-order valence-corrected chi connectivity index (χ4v) is 2.90. The molecule has 1 saturated carbocycles. The Kier molecular flexibility index (Phi) is 6.67. The summed E-state index contributed by atoms with van der Waals surface area (Å²) in [6.45, 7) is 4.87. The Morgan fingerprint density at radius 2 is 1.88 bits per heavy atom. The highest BCUT2D eigenvalue weighted by Gasteiger charge is 2.21. The molecule has 3 rings (SSSR count). The van der Waals surface area contributed by atoms with Crippen molar-refractivity contribution in [2.45, 2.75) is 39.3 Å². The number of nitrogens with one attached hydrogen (secondary N) is 1. The third kappa shape index (κ3) is 5.88. The van der Waals surface area contributed by atoms with Crippen LogP contribution in [0.4, 0.5) is 10.5 Å². The molecule has 1 fully saturated rings. The van der Waals surface area contributed by atoms with E-state index in [0.717, 1.165) is 42.3 Å². The van der Waals surface area contributed by atoms with E-state index in [-0.39, 0.29) is 6.03 Å². The van der Waals surface area contributed by atoms with E-state index in [1.54, 1.807) is 0 Å². The summed E-state index contributed by atoms with van der Waals surface area (Å²) in [5.74, 6) is 0.762. The van der Waals surface area contributed by atoms with Crippen molar-refractivity contribution in [1.29, 1.82) is 0 Å². The monoisotopic (exact) mass is 352 g/mol. The van der Waals surface area contributed by atoms with Gasteiger partial charge in [-0.15, -0.1) is 0 Å². The Morgan fingerprint density at radius 1 is 1.12 bits per heavy atom. The second-order valence-corrected chi connectivity index (χ2v) is 7.00. The topological polar surface area (TPSA) is 41.6 Å². The van der Waals surface area contributed by atoms with Gasteiger partial charge in [0.2, 0.25) is 0 Å². The third-order valence-electron chi connectivity index (χ3n) is 4.49. The molecule has 0 radical (unpaired) electrons. The van der Waals surface area contributed by atoms with Crippen molar-refractivity contribution < 1.29 is 9.53 Å². The summed E-state index contributed by atoms with van der Waals surface area (Å²) < 4.78 is 5.75. The van der Waals surface area contributed by atoms with Crippen LogP contribution in [0.5, 0.6) is 0 Å². The van der Waals surface area contributed by atoms with Gasteiger partial charge in [0.1, 0.15) is 0 Å².